The standard InChI is InChI=1S/C18H28O2Si/c1-18(2,3)21(4,5)20-16-13-9-12-15(17(16)19)14-10-7-6-8-11-14/h6-8,10-12,16-17,19H,9,13H2,1-5H3/t16-,17+/m0/s1. The second kappa shape index (κ2) is 6.07. The van der Waals surface area contributed by atoms with E-state index < -0.39 is 14.4 Å². The Kier molecular flexibility index (Phi) is 4.76. The predicted octanol–water partition coefficient (Wildman–Crippen LogP) is 4.62. The van der Waals surface area contributed by atoms with E-state index in [1.54, 1.807) is 0 Å². The van der Waals surface area contributed by atoms with Gasteiger partial charge in [-0.05, 0) is 42.1 Å². The third-order valence-corrected chi connectivity index (χ3v) is 9.35. The minimum Gasteiger partial charge on any atom is -0.411 e. The molecule has 0 amide bonds. The maximum atomic E-state index is 10.7. The van der Waals surface area contributed by atoms with Gasteiger partial charge in [-0.25, -0.2) is 0 Å². The van der Waals surface area contributed by atoms with Crippen molar-refractivity contribution in [1.82, 2.24) is 0 Å². The Bertz CT molecular complexity index is 500. The second-order valence-corrected chi connectivity index (χ2v) is 12.2. The lowest BCUT2D eigenvalue weighted by molar-refractivity contribution is 0.0533. The van der Waals surface area contributed by atoms with Gasteiger partial charge in [-0.3, -0.25) is 0 Å². The van der Waals surface area contributed by atoms with Crippen LogP contribution in [0.3, 0.4) is 0 Å². The summed E-state index contributed by atoms with van der Waals surface area (Å²) in [6.07, 6.45) is 3.44. The van der Waals surface area contributed by atoms with Crippen molar-refractivity contribution in [3.8, 4) is 0 Å². The van der Waals surface area contributed by atoms with Crippen LogP contribution in [0.2, 0.25) is 18.1 Å². The lowest BCUT2D eigenvalue weighted by Crippen LogP contribution is -2.47. The van der Waals surface area contributed by atoms with Crippen molar-refractivity contribution >= 4 is 13.9 Å². The van der Waals surface area contributed by atoms with Crippen molar-refractivity contribution in [2.75, 3.05) is 0 Å². The molecule has 2 atom stereocenters. The average Bonchev–Trinajstić information content (AvgIpc) is 2.41. The zero-order valence-corrected chi connectivity index (χ0v) is 14.9. The monoisotopic (exact) mass is 304 g/mol. The van der Waals surface area contributed by atoms with Gasteiger partial charge in [-0.2, -0.15) is 0 Å². The van der Waals surface area contributed by atoms with Crippen molar-refractivity contribution in [2.45, 2.75) is 64.0 Å². The third kappa shape index (κ3) is 3.65. The number of aliphatic hydroxyl groups is 1. The molecule has 3 heteroatoms. The van der Waals surface area contributed by atoms with E-state index >= 15 is 0 Å². The van der Waals surface area contributed by atoms with Gasteiger partial charge in [0.1, 0.15) is 6.10 Å². The van der Waals surface area contributed by atoms with Crippen LogP contribution in [0.15, 0.2) is 36.4 Å². The molecule has 1 aliphatic rings. The summed E-state index contributed by atoms with van der Waals surface area (Å²) >= 11 is 0. The van der Waals surface area contributed by atoms with Gasteiger partial charge < -0.3 is 9.53 Å². The van der Waals surface area contributed by atoms with Crippen LogP contribution >= 0.6 is 0 Å². The summed E-state index contributed by atoms with van der Waals surface area (Å²) in [5.74, 6) is 0. The molecule has 116 valence electrons. The van der Waals surface area contributed by atoms with Crippen LogP contribution in [0.5, 0.6) is 0 Å². The average molecular weight is 305 g/mol. The quantitative estimate of drug-likeness (QED) is 0.826. The van der Waals surface area contributed by atoms with E-state index in [1.807, 2.05) is 18.2 Å². The van der Waals surface area contributed by atoms with Crippen LogP contribution in [0, 0.1) is 0 Å². The molecule has 0 radical (unpaired) electrons. The minimum absolute atomic E-state index is 0.0777. The van der Waals surface area contributed by atoms with E-state index in [0.29, 0.717) is 0 Å². The second-order valence-electron chi connectivity index (χ2n) is 7.46. The smallest absolute Gasteiger partial charge is 0.192 e. The number of aliphatic hydroxyl groups excluding tert-OH is 1. The normalized spacial score (nSPS) is 23.8. The lowest BCUT2D eigenvalue weighted by atomic mass is 9.89. The van der Waals surface area contributed by atoms with Gasteiger partial charge in [0.2, 0.25) is 0 Å². The highest BCUT2D eigenvalue weighted by molar-refractivity contribution is 6.74. The van der Waals surface area contributed by atoms with E-state index in [-0.39, 0.29) is 11.1 Å². The minimum atomic E-state index is -1.85. The van der Waals surface area contributed by atoms with Crippen molar-refractivity contribution < 1.29 is 9.53 Å². The first kappa shape index (κ1) is 16.5. The van der Waals surface area contributed by atoms with Crippen LogP contribution in [0.25, 0.3) is 5.57 Å². The Hall–Kier alpha value is -0.903. The summed E-state index contributed by atoms with van der Waals surface area (Å²) in [6, 6.07) is 10.2. The highest BCUT2D eigenvalue weighted by atomic mass is 28.4. The molecule has 2 rings (SSSR count). The first-order valence-corrected chi connectivity index (χ1v) is 10.7. The van der Waals surface area contributed by atoms with E-state index in [1.165, 1.54) is 0 Å². The zero-order chi connectivity index (χ0) is 15.7. The number of allylic oxidation sites excluding steroid dienone is 1. The predicted molar refractivity (Wildman–Crippen MR) is 91.7 cm³/mol. The van der Waals surface area contributed by atoms with Crippen LogP contribution in [-0.4, -0.2) is 25.6 Å². The maximum absolute atomic E-state index is 10.7. The molecule has 0 saturated carbocycles. The molecule has 0 saturated heterocycles. The lowest BCUT2D eigenvalue weighted by Gasteiger charge is -2.42. The molecule has 0 fully saturated rings. The van der Waals surface area contributed by atoms with E-state index in [4.69, 9.17) is 4.43 Å². The molecule has 1 aromatic rings. The van der Waals surface area contributed by atoms with Gasteiger partial charge in [-0.15, -0.1) is 0 Å². The van der Waals surface area contributed by atoms with Gasteiger partial charge in [0.15, 0.2) is 8.32 Å². The fourth-order valence-corrected chi connectivity index (χ4v) is 3.84. The molecular formula is C18H28O2Si. The summed E-state index contributed by atoms with van der Waals surface area (Å²) in [5, 5.41) is 10.9. The van der Waals surface area contributed by atoms with Gasteiger partial charge >= 0.3 is 0 Å². The van der Waals surface area contributed by atoms with Crippen molar-refractivity contribution in [3.05, 3.63) is 42.0 Å². The summed E-state index contributed by atoms with van der Waals surface area (Å²) in [7, 11) is -1.85. The topological polar surface area (TPSA) is 29.5 Å². The molecule has 0 bridgehead atoms. The molecule has 1 aliphatic carbocycles. The van der Waals surface area contributed by atoms with Crippen LogP contribution in [0.4, 0.5) is 0 Å². The Labute approximate surface area is 130 Å². The first-order chi connectivity index (χ1) is 9.72. The zero-order valence-electron chi connectivity index (χ0n) is 13.9. The molecular weight excluding hydrogens is 276 g/mol. The van der Waals surface area contributed by atoms with Crippen molar-refractivity contribution in [3.63, 3.8) is 0 Å². The fraction of sp³-hybridized carbons (Fsp3) is 0.556. The first-order valence-electron chi connectivity index (χ1n) is 7.84. The van der Waals surface area contributed by atoms with Gasteiger partial charge in [-0.1, -0.05) is 57.2 Å². The molecule has 0 unspecified atom stereocenters. The molecule has 0 aliphatic heterocycles. The van der Waals surface area contributed by atoms with E-state index in [9.17, 15) is 5.11 Å². The maximum Gasteiger partial charge on any atom is 0.192 e. The Morgan fingerprint density at radius 1 is 1.14 bits per heavy atom. The van der Waals surface area contributed by atoms with Crippen molar-refractivity contribution in [1.29, 1.82) is 0 Å². The Morgan fingerprint density at radius 3 is 2.33 bits per heavy atom. The number of hydrogen-bond donors (Lipinski definition) is 1. The number of benzene rings is 1. The fourth-order valence-electron chi connectivity index (χ4n) is 2.48. The molecule has 1 N–H and O–H groups in total. The summed E-state index contributed by atoms with van der Waals surface area (Å²) < 4.78 is 6.46. The Morgan fingerprint density at radius 2 is 1.76 bits per heavy atom. The molecule has 0 aromatic heterocycles. The summed E-state index contributed by atoms with van der Waals surface area (Å²) in [6.45, 7) is 11.2. The largest absolute Gasteiger partial charge is 0.411 e. The third-order valence-electron chi connectivity index (χ3n) is 4.85. The molecule has 2 nitrogen and oxygen atoms in total. The van der Waals surface area contributed by atoms with Gasteiger partial charge in [0, 0.05) is 0 Å². The van der Waals surface area contributed by atoms with Gasteiger partial charge in [0.05, 0.1) is 6.10 Å². The highest BCUT2D eigenvalue weighted by Crippen LogP contribution is 2.40. The van der Waals surface area contributed by atoms with Crippen molar-refractivity contribution in [2.24, 2.45) is 0 Å². The van der Waals surface area contributed by atoms with Crippen LogP contribution < -0.4 is 0 Å². The highest BCUT2D eigenvalue weighted by Gasteiger charge is 2.41. The number of rotatable bonds is 3. The van der Waals surface area contributed by atoms with Crippen LogP contribution in [0.1, 0.15) is 39.2 Å². The molecule has 0 spiro atoms. The molecule has 21 heavy (non-hydrogen) atoms. The SMILES string of the molecule is CC(C)(C)[Si](C)(C)O[C@H]1CCC=C(c2ccccc2)[C@H]1O. The summed E-state index contributed by atoms with van der Waals surface area (Å²) in [5.41, 5.74) is 2.12. The molecule has 1 aromatic carbocycles. The van der Waals surface area contributed by atoms with E-state index in [0.717, 1.165) is 24.0 Å². The number of hydrogen-bond acceptors (Lipinski definition) is 2. The van der Waals surface area contributed by atoms with Gasteiger partial charge in [0.25, 0.3) is 0 Å². The summed E-state index contributed by atoms with van der Waals surface area (Å²) in [4.78, 5) is 0. The molecule has 0 heterocycles. The van der Waals surface area contributed by atoms with E-state index in [2.05, 4.69) is 52.1 Å². The van der Waals surface area contributed by atoms with Crippen LogP contribution in [-0.2, 0) is 4.43 Å². The Balaban J connectivity index is 2.17.